The normalized spacial score (nSPS) is 11.2. The first-order valence-corrected chi connectivity index (χ1v) is 14.2. The predicted octanol–water partition coefficient (Wildman–Crippen LogP) is 9.09. The molecule has 2 aromatic rings. The fraction of sp³-hybridized carbons (Fsp3) is 0.538. The third-order valence-electron chi connectivity index (χ3n) is 5.25. The molecule has 0 radical (unpaired) electrons. The maximum Gasteiger partial charge on any atom is 0.0157 e. The lowest BCUT2D eigenvalue weighted by atomic mass is 10.0. The predicted molar refractivity (Wildman–Crippen MR) is 137 cm³/mol. The Labute approximate surface area is 192 Å². The summed E-state index contributed by atoms with van der Waals surface area (Å²) in [6.45, 7) is 13.8. The van der Waals surface area contributed by atoms with Crippen molar-refractivity contribution in [1.82, 2.24) is 0 Å². The van der Waals surface area contributed by atoms with Crippen LogP contribution in [0.3, 0.4) is 0 Å². The van der Waals surface area contributed by atoms with E-state index in [1.165, 1.54) is 43.9 Å². The zero-order chi connectivity index (χ0) is 21.2. The van der Waals surface area contributed by atoms with Gasteiger partial charge in [-0.05, 0) is 96.5 Å². The van der Waals surface area contributed by atoms with Crippen LogP contribution in [0.25, 0.3) is 0 Å². The highest BCUT2D eigenvalue weighted by Crippen LogP contribution is 2.41. The van der Waals surface area contributed by atoms with Gasteiger partial charge in [-0.15, -0.1) is 23.5 Å². The molecule has 2 aromatic carbocycles. The van der Waals surface area contributed by atoms with Gasteiger partial charge in [0.05, 0.1) is 0 Å². The molecule has 0 saturated heterocycles. The summed E-state index contributed by atoms with van der Waals surface area (Å²) in [5.41, 5.74) is 6.26. The second-order valence-electron chi connectivity index (χ2n) is 7.25. The second-order valence-corrected chi connectivity index (χ2v) is 10.6. The van der Waals surface area contributed by atoms with E-state index in [4.69, 9.17) is 0 Å². The molecule has 0 aliphatic rings. The summed E-state index contributed by atoms with van der Waals surface area (Å²) in [6, 6.07) is 9.51. The summed E-state index contributed by atoms with van der Waals surface area (Å²) in [5.74, 6) is 2.42. The van der Waals surface area contributed by atoms with E-state index in [9.17, 15) is 0 Å². The molecule has 0 nitrogen and oxygen atoms in total. The molecule has 0 atom stereocenters. The van der Waals surface area contributed by atoms with Crippen LogP contribution < -0.4 is 0 Å². The van der Waals surface area contributed by atoms with Crippen molar-refractivity contribution in [2.45, 2.75) is 99.6 Å². The van der Waals surface area contributed by atoms with Gasteiger partial charge in [0.1, 0.15) is 0 Å². The Bertz CT molecular complexity index is 715. The fourth-order valence-electron chi connectivity index (χ4n) is 3.85. The van der Waals surface area contributed by atoms with Crippen molar-refractivity contribution in [3.8, 4) is 0 Å². The maximum atomic E-state index is 2.38. The SMILES string of the molecule is CCCSc1ccc(Sc2ccc(SCCC)c(CC)c2CC)c(CC)c1CC. The summed E-state index contributed by atoms with van der Waals surface area (Å²) < 4.78 is 0. The lowest BCUT2D eigenvalue weighted by molar-refractivity contribution is 0.949. The lowest BCUT2D eigenvalue weighted by Crippen LogP contribution is -2.00. The van der Waals surface area contributed by atoms with Crippen LogP contribution in [0.4, 0.5) is 0 Å². The Morgan fingerprint density at radius 2 is 0.793 bits per heavy atom. The van der Waals surface area contributed by atoms with Crippen molar-refractivity contribution in [3.63, 3.8) is 0 Å². The summed E-state index contributed by atoms with van der Waals surface area (Å²) in [6.07, 6.45) is 6.92. The number of thioether (sulfide) groups is 2. The summed E-state index contributed by atoms with van der Waals surface area (Å²) in [4.78, 5) is 5.89. The van der Waals surface area contributed by atoms with Gasteiger partial charge in [-0.25, -0.2) is 0 Å². The van der Waals surface area contributed by atoms with Crippen LogP contribution in [0.1, 0.15) is 76.6 Å². The molecule has 0 saturated carbocycles. The van der Waals surface area contributed by atoms with Gasteiger partial charge in [-0.1, -0.05) is 53.3 Å². The standard InChI is InChI=1S/C26H38S3/c1-7-17-27-23-13-15-25(21(11-5)19(23)9-3)29-26-16-14-24(28-18-8-2)20(10-4)22(26)12-6/h13-16H,7-12,17-18H2,1-6H3. The van der Waals surface area contributed by atoms with Crippen LogP contribution in [-0.2, 0) is 25.7 Å². The summed E-state index contributed by atoms with van der Waals surface area (Å²) in [5, 5.41) is 0. The van der Waals surface area contributed by atoms with Gasteiger partial charge in [0, 0.05) is 19.6 Å². The van der Waals surface area contributed by atoms with Crippen LogP contribution in [0.2, 0.25) is 0 Å². The third kappa shape index (κ3) is 6.24. The maximum absolute atomic E-state index is 2.38. The van der Waals surface area contributed by atoms with Gasteiger partial charge in [-0.3, -0.25) is 0 Å². The molecule has 0 aliphatic heterocycles. The lowest BCUT2D eigenvalue weighted by Gasteiger charge is -2.20. The van der Waals surface area contributed by atoms with Crippen LogP contribution >= 0.6 is 35.3 Å². The van der Waals surface area contributed by atoms with E-state index >= 15 is 0 Å². The first kappa shape index (κ1) is 24.8. The van der Waals surface area contributed by atoms with Crippen molar-refractivity contribution in [2.75, 3.05) is 11.5 Å². The first-order chi connectivity index (χ1) is 14.1. The number of hydrogen-bond acceptors (Lipinski definition) is 3. The smallest absolute Gasteiger partial charge is 0.0157 e. The van der Waals surface area contributed by atoms with Crippen LogP contribution in [-0.4, -0.2) is 11.5 Å². The van der Waals surface area contributed by atoms with E-state index in [1.54, 1.807) is 22.3 Å². The minimum absolute atomic E-state index is 1.11. The van der Waals surface area contributed by atoms with Crippen LogP contribution in [0, 0.1) is 0 Å². The molecule has 0 heterocycles. The Kier molecular flexibility index (Phi) is 11.1. The highest BCUT2D eigenvalue weighted by atomic mass is 32.2. The average Bonchev–Trinajstić information content (AvgIpc) is 2.76. The molecule has 2 rings (SSSR count). The van der Waals surface area contributed by atoms with Crippen molar-refractivity contribution < 1.29 is 0 Å². The molecule has 29 heavy (non-hydrogen) atoms. The van der Waals surface area contributed by atoms with Crippen LogP contribution in [0.5, 0.6) is 0 Å². The topological polar surface area (TPSA) is 0 Å². The van der Waals surface area contributed by atoms with E-state index in [-0.39, 0.29) is 0 Å². The van der Waals surface area contributed by atoms with Crippen molar-refractivity contribution >= 4 is 35.3 Å². The fourth-order valence-corrected chi connectivity index (χ4v) is 7.21. The van der Waals surface area contributed by atoms with E-state index in [0.717, 1.165) is 25.7 Å². The Morgan fingerprint density at radius 1 is 0.483 bits per heavy atom. The molecule has 0 fully saturated rings. The van der Waals surface area contributed by atoms with Gasteiger partial charge in [0.15, 0.2) is 0 Å². The molecule has 0 N–H and O–H groups in total. The molecule has 0 amide bonds. The summed E-state index contributed by atoms with van der Waals surface area (Å²) in [7, 11) is 0. The quantitative estimate of drug-likeness (QED) is 0.298. The summed E-state index contributed by atoms with van der Waals surface area (Å²) >= 11 is 6.05. The monoisotopic (exact) mass is 446 g/mol. The number of benzene rings is 2. The molecule has 3 heteroatoms. The van der Waals surface area contributed by atoms with Crippen molar-refractivity contribution in [2.24, 2.45) is 0 Å². The molecule has 0 aromatic heterocycles. The van der Waals surface area contributed by atoms with Gasteiger partial charge in [0.2, 0.25) is 0 Å². The number of rotatable bonds is 12. The zero-order valence-corrected chi connectivity index (χ0v) is 21.6. The van der Waals surface area contributed by atoms with Crippen molar-refractivity contribution in [1.29, 1.82) is 0 Å². The highest BCUT2D eigenvalue weighted by molar-refractivity contribution is 8.00. The number of hydrogen-bond donors (Lipinski definition) is 0. The molecular weight excluding hydrogens is 408 g/mol. The second kappa shape index (κ2) is 13.0. The van der Waals surface area contributed by atoms with Gasteiger partial charge in [0.25, 0.3) is 0 Å². The Balaban J connectivity index is 2.45. The third-order valence-corrected chi connectivity index (χ3v) is 9.06. The molecule has 0 bridgehead atoms. The van der Waals surface area contributed by atoms with E-state index < -0.39 is 0 Å². The van der Waals surface area contributed by atoms with Gasteiger partial charge in [-0.2, -0.15) is 0 Å². The minimum Gasteiger partial charge on any atom is -0.126 e. The van der Waals surface area contributed by atoms with Crippen LogP contribution in [0.15, 0.2) is 43.8 Å². The van der Waals surface area contributed by atoms with E-state index in [2.05, 4.69) is 65.8 Å². The average molecular weight is 447 g/mol. The molecular formula is C26H38S3. The van der Waals surface area contributed by atoms with Gasteiger partial charge >= 0.3 is 0 Å². The highest BCUT2D eigenvalue weighted by Gasteiger charge is 2.16. The Hall–Kier alpha value is -0.510. The molecule has 0 unspecified atom stereocenters. The van der Waals surface area contributed by atoms with Crippen molar-refractivity contribution in [3.05, 3.63) is 46.5 Å². The molecule has 0 aliphatic carbocycles. The van der Waals surface area contributed by atoms with E-state index in [1.807, 2.05) is 35.3 Å². The first-order valence-electron chi connectivity index (χ1n) is 11.4. The van der Waals surface area contributed by atoms with Gasteiger partial charge < -0.3 is 0 Å². The largest absolute Gasteiger partial charge is 0.126 e. The van der Waals surface area contributed by atoms with E-state index in [0.29, 0.717) is 0 Å². The molecule has 0 spiro atoms. The minimum atomic E-state index is 1.11. The Morgan fingerprint density at radius 3 is 1.10 bits per heavy atom. The molecule has 160 valence electrons. The zero-order valence-electron chi connectivity index (χ0n) is 19.2.